The Bertz CT molecular complexity index is 464. The molecule has 120 valence electrons. The van der Waals surface area contributed by atoms with E-state index in [2.05, 4.69) is 10.1 Å². The zero-order valence-corrected chi connectivity index (χ0v) is 13.7. The number of hydrogen-bond acceptors (Lipinski definition) is 5. The third-order valence-electron chi connectivity index (χ3n) is 3.87. The SMILES string of the molecule is Cc1nc(CC2CCCN(C(=O)[C@@H](N)C(C)C)C2)no1.Cl. The second kappa shape index (κ2) is 7.75. The molecule has 1 unspecified atom stereocenters. The van der Waals surface area contributed by atoms with Crippen LogP contribution in [0, 0.1) is 18.8 Å². The van der Waals surface area contributed by atoms with Gasteiger partial charge in [0.15, 0.2) is 5.82 Å². The zero-order valence-electron chi connectivity index (χ0n) is 12.9. The molecule has 21 heavy (non-hydrogen) atoms. The van der Waals surface area contributed by atoms with Crippen molar-refractivity contribution in [1.82, 2.24) is 15.0 Å². The van der Waals surface area contributed by atoms with Gasteiger partial charge in [-0.25, -0.2) is 0 Å². The van der Waals surface area contributed by atoms with Gasteiger partial charge in [0.1, 0.15) is 0 Å². The van der Waals surface area contributed by atoms with E-state index in [1.807, 2.05) is 18.7 Å². The Labute approximate surface area is 131 Å². The third kappa shape index (κ3) is 4.68. The normalized spacial score (nSPS) is 20.2. The van der Waals surface area contributed by atoms with Crippen LogP contribution in [-0.2, 0) is 11.2 Å². The van der Waals surface area contributed by atoms with E-state index in [-0.39, 0.29) is 24.2 Å². The third-order valence-corrected chi connectivity index (χ3v) is 3.87. The summed E-state index contributed by atoms with van der Waals surface area (Å²) in [5.41, 5.74) is 5.96. The van der Waals surface area contributed by atoms with Crippen molar-refractivity contribution in [2.75, 3.05) is 13.1 Å². The molecular weight excluding hydrogens is 292 g/mol. The number of carbonyl (C=O) groups excluding carboxylic acids is 1. The van der Waals surface area contributed by atoms with Crippen molar-refractivity contribution < 1.29 is 9.32 Å². The zero-order chi connectivity index (χ0) is 14.7. The van der Waals surface area contributed by atoms with Crippen molar-refractivity contribution in [3.63, 3.8) is 0 Å². The molecule has 1 aromatic heterocycles. The standard InChI is InChI=1S/C14H24N4O2.ClH/c1-9(2)13(15)14(19)18-6-4-5-11(8-18)7-12-16-10(3)20-17-12;/h9,11,13H,4-8,15H2,1-3H3;1H/t11?,13-;/m0./s1. The van der Waals surface area contributed by atoms with E-state index in [0.29, 0.717) is 11.8 Å². The van der Waals surface area contributed by atoms with Crippen LogP contribution in [0.4, 0.5) is 0 Å². The number of rotatable bonds is 4. The maximum Gasteiger partial charge on any atom is 0.239 e. The average molecular weight is 317 g/mol. The van der Waals surface area contributed by atoms with Crippen LogP contribution in [0.5, 0.6) is 0 Å². The summed E-state index contributed by atoms with van der Waals surface area (Å²) in [7, 11) is 0. The summed E-state index contributed by atoms with van der Waals surface area (Å²) in [4.78, 5) is 18.4. The molecule has 6 nitrogen and oxygen atoms in total. The molecule has 0 aliphatic carbocycles. The van der Waals surface area contributed by atoms with Gasteiger partial charge in [0, 0.05) is 26.4 Å². The average Bonchev–Trinajstić information content (AvgIpc) is 2.82. The summed E-state index contributed by atoms with van der Waals surface area (Å²) in [6.07, 6.45) is 2.87. The summed E-state index contributed by atoms with van der Waals surface area (Å²) < 4.78 is 4.99. The number of nitrogens with zero attached hydrogens (tertiary/aromatic N) is 3. The van der Waals surface area contributed by atoms with Gasteiger partial charge < -0.3 is 15.2 Å². The summed E-state index contributed by atoms with van der Waals surface area (Å²) in [5.74, 6) is 1.95. The lowest BCUT2D eigenvalue weighted by atomic mass is 9.93. The van der Waals surface area contributed by atoms with Crippen molar-refractivity contribution in [1.29, 1.82) is 0 Å². The van der Waals surface area contributed by atoms with E-state index >= 15 is 0 Å². The molecule has 2 atom stereocenters. The molecule has 1 fully saturated rings. The number of likely N-dealkylation sites (tertiary alicyclic amines) is 1. The van der Waals surface area contributed by atoms with E-state index in [1.54, 1.807) is 6.92 Å². The molecular formula is C14H25ClN4O2. The molecule has 2 N–H and O–H groups in total. The Morgan fingerprint density at radius 2 is 2.24 bits per heavy atom. The fourth-order valence-electron chi connectivity index (χ4n) is 2.61. The molecule has 1 amide bonds. The van der Waals surface area contributed by atoms with Crippen LogP contribution >= 0.6 is 12.4 Å². The Morgan fingerprint density at radius 1 is 1.52 bits per heavy atom. The van der Waals surface area contributed by atoms with Crippen LogP contribution in [0.15, 0.2) is 4.52 Å². The van der Waals surface area contributed by atoms with Crippen molar-refractivity contribution >= 4 is 18.3 Å². The summed E-state index contributed by atoms with van der Waals surface area (Å²) in [5, 5.41) is 3.93. The monoisotopic (exact) mass is 316 g/mol. The molecule has 0 aromatic carbocycles. The van der Waals surface area contributed by atoms with Gasteiger partial charge in [-0.2, -0.15) is 4.98 Å². The molecule has 7 heteroatoms. The predicted molar refractivity (Wildman–Crippen MR) is 82.1 cm³/mol. The number of carbonyl (C=O) groups is 1. The highest BCUT2D eigenvalue weighted by Gasteiger charge is 2.29. The number of amides is 1. The molecule has 0 spiro atoms. The minimum atomic E-state index is -0.402. The fraction of sp³-hybridized carbons (Fsp3) is 0.786. The first kappa shape index (κ1) is 17.9. The number of nitrogens with two attached hydrogens (primary N) is 1. The fourth-order valence-corrected chi connectivity index (χ4v) is 2.61. The molecule has 0 bridgehead atoms. The topological polar surface area (TPSA) is 85.2 Å². The van der Waals surface area contributed by atoms with E-state index in [4.69, 9.17) is 10.3 Å². The smallest absolute Gasteiger partial charge is 0.239 e. The van der Waals surface area contributed by atoms with Gasteiger partial charge >= 0.3 is 0 Å². The quantitative estimate of drug-likeness (QED) is 0.911. The van der Waals surface area contributed by atoms with Crippen LogP contribution in [0.3, 0.4) is 0 Å². The lowest BCUT2D eigenvalue weighted by Gasteiger charge is -2.34. The number of piperidine rings is 1. The highest BCUT2D eigenvalue weighted by Crippen LogP contribution is 2.21. The lowest BCUT2D eigenvalue weighted by Crippen LogP contribution is -2.50. The molecule has 0 radical (unpaired) electrons. The van der Waals surface area contributed by atoms with Gasteiger partial charge in [0.25, 0.3) is 0 Å². The molecule has 1 aromatic rings. The van der Waals surface area contributed by atoms with Crippen LogP contribution < -0.4 is 5.73 Å². The minimum Gasteiger partial charge on any atom is -0.341 e. The number of hydrogen-bond donors (Lipinski definition) is 1. The van der Waals surface area contributed by atoms with Gasteiger partial charge in [-0.15, -0.1) is 12.4 Å². The van der Waals surface area contributed by atoms with Crippen molar-refractivity contribution in [3.05, 3.63) is 11.7 Å². The van der Waals surface area contributed by atoms with E-state index < -0.39 is 6.04 Å². The van der Waals surface area contributed by atoms with Crippen molar-refractivity contribution in [3.8, 4) is 0 Å². The Morgan fingerprint density at radius 3 is 2.81 bits per heavy atom. The van der Waals surface area contributed by atoms with Crippen LogP contribution in [0.1, 0.15) is 38.4 Å². The second-order valence-corrected chi connectivity index (χ2v) is 6.00. The summed E-state index contributed by atoms with van der Waals surface area (Å²) >= 11 is 0. The van der Waals surface area contributed by atoms with E-state index in [1.165, 1.54) is 0 Å². The van der Waals surface area contributed by atoms with Crippen LogP contribution in [-0.4, -0.2) is 40.1 Å². The van der Waals surface area contributed by atoms with Crippen molar-refractivity contribution in [2.45, 2.75) is 46.1 Å². The van der Waals surface area contributed by atoms with Gasteiger partial charge in [-0.3, -0.25) is 4.79 Å². The largest absolute Gasteiger partial charge is 0.341 e. The first-order valence-corrected chi connectivity index (χ1v) is 7.31. The van der Waals surface area contributed by atoms with Gasteiger partial charge in [-0.05, 0) is 24.7 Å². The van der Waals surface area contributed by atoms with E-state index in [9.17, 15) is 4.79 Å². The summed E-state index contributed by atoms with van der Waals surface area (Å²) in [6, 6.07) is -0.402. The number of aromatic nitrogens is 2. The number of halogens is 1. The van der Waals surface area contributed by atoms with Crippen molar-refractivity contribution in [2.24, 2.45) is 17.6 Å². The maximum atomic E-state index is 12.3. The molecule has 0 saturated carbocycles. The first-order chi connectivity index (χ1) is 9.47. The van der Waals surface area contributed by atoms with Crippen LogP contribution in [0.25, 0.3) is 0 Å². The minimum absolute atomic E-state index is 0. The first-order valence-electron chi connectivity index (χ1n) is 7.31. The lowest BCUT2D eigenvalue weighted by molar-refractivity contribution is -0.135. The van der Waals surface area contributed by atoms with Crippen LogP contribution in [0.2, 0.25) is 0 Å². The highest BCUT2D eigenvalue weighted by molar-refractivity contribution is 5.85. The van der Waals surface area contributed by atoms with Gasteiger partial charge in [-0.1, -0.05) is 19.0 Å². The highest BCUT2D eigenvalue weighted by atomic mass is 35.5. The molecule has 1 aliphatic heterocycles. The molecule has 2 heterocycles. The maximum absolute atomic E-state index is 12.3. The number of aryl methyl sites for hydroxylation is 1. The predicted octanol–water partition coefficient (Wildman–Crippen LogP) is 1.56. The molecule has 2 rings (SSSR count). The molecule has 1 saturated heterocycles. The summed E-state index contributed by atoms with van der Waals surface area (Å²) in [6.45, 7) is 7.29. The Kier molecular flexibility index (Phi) is 6.61. The van der Waals surface area contributed by atoms with E-state index in [0.717, 1.165) is 38.2 Å². The Hall–Kier alpha value is -1.14. The van der Waals surface area contributed by atoms with Gasteiger partial charge in [0.2, 0.25) is 11.8 Å². The van der Waals surface area contributed by atoms with Gasteiger partial charge in [0.05, 0.1) is 6.04 Å². The second-order valence-electron chi connectivity index (χ2n) is 6.00. The Balaban J connectivity index is 0.00000220. The molecule has 1 aliphatic rings.